The molecular weight excluding hydrogens is 520 g/mol. The summed E-state index contributed by atoms with van der Waals surface area (Å²) in [6.07, 6.45) is 5.09. The van der Waals surface area contributed by atoms with Crippen LogP contribution in [0.5, 0.6) is 5.75 Å². The van der Waals surface area contributed by atoms with Gasteiger partial charge >= 0.3 is 0 Å². The van der Waals surface area contributed by atoms with Crippen LogP contribution in [-0.4, -0.2) is 48.3 Å². The zero-order valence-electron chi connectivity index (χ0n) is 21.8. The standard InChI is InChI=1S/C28H32N4O4S2/c1-4-7-18-31(5-2)38(34,35)23-15-13-22(14-16-23)27(33)32(20-21-10-9-17-29-19-21)28-30-26-24(36-6-3)11-8-12-25(26)37-28/h8-17,19H,4-7,18,20H2,1-3H3. The summed E-state index contributed by atoms with van der Waals surface area (Å²) in [7, 11) is -3.64. The Morgan fingerprint density at radius 3 is 2.47 bits per heavy atom. The molecule has 10 heteroatoms. The minimum absolute atomic E-state index is 0.173. The number of hydrogen-bond donors (Lipinski definition) is 0. The van der Waals surface area contributed by atoms with Crippen molar-refractivity contribution in [2.75, 3.05) is 24.6 Å². The second-order valence-electron chi connectivity index (χ2n) is 8.66. The van der Waals surface area contributed by atoms with Gasteiger partial charge in [0.1, 0.15) is 11.3 Å². The van der Waals surface area contributed by atoms with Gasteiger partial charge in [-0.15, -0.1) is 0 Å². The van der Waals surface area contributed by atoms with Crippen molar-refractivity contribution >= 4 is 42.6 Å². The first-order valence-electron chi connectivity index (χ1n) is 12.7. The molecule has 0 atom stereocenters. The maximum absolute atomic E-state index is 13.8. The highest BCUT2D eigenvalue weighted by Crippen LogP contribution is 2.35. The van der Waals surface area contributed by atoms with Crippen LogP contribution >= 0.6 is 11.3 Å². The molecule has 0 spiro atoms. The molecule has 0 saturated carbocycles. The number of carbonyl (C=O) groups excluding carboxylic acids is 1. The summed E-state index contributed by atoms with van der Waals surface area (Å²) in [5.41, 5.74) is 1.92. The Bertz CT molecular complexity index is 1470. The summed E-state index contributed by atoms with van der Waals surface area (Å²) in [4.78, 5) is 24.5. The molecule has 0 saturated heterocycles. The smallest absolute Gasteiger partial charge is 0.260 e. The van der Waals surface area contributed by atoms with E-state index in [0.717, 1.165) is 23.1 Å². The molecule has 2 heterocycles. The van der Waals surface area contributed by atoms with E-state index in [1.807, 2.05) is 51.1 Å². The second kappa shape index (κ2) is 12.5. The fourth-order valence-electron chi connectivity index (χ4n) is 4.06. The Balaban J connectivity index is 1.68. The second-order valence-corrected chi connectivity index (χ2v) is 11.6. The van der Waals surface area contributed by atoms with Crippen molar-refractivity contribution in [1.29, 1.82) is 0 Å². The minimum Gasteiger partial charge on any atom is -0.492 e. The molecule has 8 nitrogen and oxygen atoms in total. The van der Waals surface area contributed by atoms with Crippen LogP contribution < -0.4 is 9.64 Å². The number of nitrogens with zero attached hydrogens (tertiary/aromatic N) is 4. The number of para-hydroxylation sites is 1. The fourth-order valence-corrected chi connectivity index (χ4v) is 6.52. The molecule has 0 fully saturated rings. The van der Waals surface area contributed by atoms with E-state index >= 15 is 0 Å². The molecule has 0 radical (unpaired) electrons. The molecule has 0 aliphatic carbocycles. The van der Waals surface area contributed by atoms with Crippen molar-refractivity contribution in [3.8, 4) is 5.75 Å². The Kier molecular flexibility index (Phi) is 9.09. The molecule has 1 amide bonds. The average molecular weight is 553 g/mol. The number of aromatic nitrogens is 2. The zero-order chi connectivity index (χ0) is 27.1. The van der Waals surface area contributed by atoms with E-state index in [0.29, 0.717) is 41.7 Å². The van der Waals surface area contributed by atoms with E-state index in [2.05, 4.69) is 4.98 Å². The zero-order valence-corrected chi connectivity index (χ0v) is 23.5. The summed E-state index contributed by atoms with van der Waals surface area (Å²) in [6.45, 7) is 7.40. The molecule has 0 unspecified atom stereocenters. The first-order chi connectivity index (χ1) is 18.4. The summed E-state index contributed by atoms with van der Waals surface area (Å²) < 4.78 is 34.4. The van der Waals surface area contributed by atoms with Crippen molar-refractivity contribution in [2.45, 2.75) is 45.1 Å². The SMILES string of the molecule is CCCCN(CC)S(=O)(=O)c1ccc(C(=O)N(Cc2cccnc2)c2nc3c(OCC)cccc3s2)cc1. The van der Waals surface area contributed by atoms with Gasteiger partial charge in [0.25, 0.3) is 5.91 Å². The van der Waals surface area contributed by atoms with Crippen LogP contribution in [0.4, 0.5) is 5.13 Å². The maximum atomic E-state index is 13.8. The molecular formula is C28H32N4O4S2. The molecule has 0 N–H and O–H groups in total. The molecule has 0 bridgehead atoms. The van der Waals surface area contributed by atoms with E-state index in [1.54, 1.807) is 29.4 Å². The Labute approximate surface area is 228 Å². The third-order valence-corrected chi connectivity index (χ3v) is 9.09. The number of ether oxygens (including phenoxy) is 1. The number of amides is 1. The van der Waals surface area contributed by atoms with Gasteiger partial charge in [0.2, 0.25) is 10.0 Å². The first kappa shape index (κ1) is 27.7. The monoisotopic (exact) mass is 552 g/mol. The number of thiazole rings is 1. The number of fused-ring (bicyclic) bond motifs is 1. The number of anilines is 1. The number of hydrogen-bond acceptors (Lipinski definition) is 7. The van der Waals surface area contributed by atoms with Crippen molar-refractivity contribution in [3.05, 3.63) is 78.1 Å². The van der Waals surface area contributed by atoms with E-state index in [9.17, 15) is 13.2 Å². The van der Waals surface area contributed by atoms with Crippen molar-refractivity contribution in [2.24, 2.45) is 0 Å². The third kappa shape index (κ3) is 6.03. The lowest BCUT2D eigenvalue weighted by molar-refractivity contribution is 0.0985. The lowest BCUT2D eigenvalue weighted by Crippen LogP contribution is -2.32. The number of carbonyl (C=O) groups is 1. The number of rotatable bonds is 12. The average Bonchev–Trinajstić information content (AvgIpc) is 3.37. The van der Waals surface area contributed by atoms with Crippen molar-refractivity contribution in [3.63, 3.8) is 0 Å². The van der Waals surface area contributed by atoms with Gasteiger partial charge in [0, 0.05) is 31.0 Å². The van der Waals surface area contributed by atoms with Crippen LogP contribution in [0.1, 0.15) is 49.5 Å². The normalized spacial score (nSPS) is 11.7. The van der Waals surface area contributed by atoms with Gasteiger partial charge in [-0.1, -0.05) is 43.7 Å². The summed E-state index contributed by atoms with van der Waals surface area (Å²) in [5, 5.41) is 0.523. The third-order valence-electron chi connectivity index (χ3n) is 6.06. The summed E-state index contributed by atoms with van der Waals surface area (Å²) in [6, 6.07) is 15.6. The molecule has 0 aliphatic rings. The lowest BCUT2D eigenvalue weighted by Gasteiger charge is -2.21. The molecule has 2 aromatic carbocycles. The molecule has 38 heavy (non-hydrogen) atoms. The van der Waals surface area contributed by atoms with Gasteiger partial charge < -0.3 is 4.74 Å². The van der Waals surface area contributed by atoms with Crippen molar-refractivity contribution in [1.82, 2.24) is 14.3 Å². The highest BCUT2D eigenvalue weighted by Gasteiger charge is 2.26. The van der Waals surface area contributed by atoms with Gasteiger partial charge in [0.05, 0.1) is 22.7 Å². The topological polar surface area (TPSA) is 92.7 Å². The molecule has 2 aromatic heterocycles. The van der Waals surface area contributed by atoms with Crippen LogP contribution in [0.15, 0.2) is 71.9 Å². The molecule has 4 rings (SSSR count). The number of sulfonamides is 1. The molecule has 200 valence electrons. The van der Waals surface area contributed by atoms with Gasteiger partial charge in [-0.25, -0.2) is 13.4 Å². The fraction of sp³-hybridized carbons (Fsp3) is 0.321. The Morgan fingerprint density at radius 1 is 1.03 bits per heavy atom. The maximum Gasteiger partial charge on any atom is 0.260 e. The van der Waals surface area contributed by atoms with Gasteiger partial charge in [-0.05, 0) is 61.4 Å². The van der Waals surface area contributed by atoms with Crippen LogP contribution in [0.2, 0.25) is 0 Å². The van der Waals surface area contributed by atoms with E-state index in [-0.39, 0.29) is 17.3 Å². The van der Waals surface area contributed by atoms with Gasteiger partial charge in [-0.2, -0.15) is 4.31 Å². The van der Waals surface area contributed by atoms with Crippen LogP contribution in [0.25, 0.3) is 10.2 Å². The molecule has 0 aliphatic heterocycles. The summed E-state index contributed by atoms with van der Waals surface area (Å²) >= 11 is 1.40. The van der Waals surface area contributed by atoms with E-state index in [4.69, 9.17) is 9.72 Å². The highest BCUT2D eigenvalue weighted by molar-refractivity contribution is 7.89. The highest BCUT2D eigenvalue weighted by atomic mass is 32.2. The van der Waals surface area contributed by atoms with Crippen LogP contribution in [0.3, 0.4) is 0 Å². The van der Waals surface area contributed by atoms with Crippen LogP contribution in [0, 0.1) is 0 Å². The molecule has 4 aromatic rings. The number of unbranched alkanes of at least 4 members (excludes halogenated alkanes) is 1. The van der Waals surface area contributed by atoms with Gasteiger partial charge in [0.15, 0.2) is 5.13 Å². The predicted molar refractivity (Wildman–Crippen MR) is 151 cm³/mol. The van der Waals surface area contributed by atoms with E-state index < -0.39 is 10.0 Å². The lowest BCUT2D eigenvalue weighted by atomic mass is 10.2. The van der Waals surface area contributed by atoms with Crippen molar-refractivity contribution < 1.29 is 17.9 Å². The number of benzene rings is 2. The minimum atomic E-state index is -3.64. The Morgan fingerprint density at radius 2 is 1.82 bits per heavy atom. The van der Waals surface area contributed by atoms with E-state index in [1.165, 1.54) is 27.8 Å². The predicted octanol–water partition coefficient (Wildman–Crippen LogP) is 5.75. The number of pyridine rings is 1. The Hall–Kier alpha value is -3.34. The quantitative estimate of drug-likeness (QED) is 0.222. The van der Waals surface area contributed by atoms with Crippen LogP contribution in [-0.2, 0) is 16.6 Å². The largest absolute Gasteiger partial charge is 0.492 e. The summed E-state index contributed by atoms with van der Waals surface area (Å²) in [5.74, 6) is 0.382. The van der Waals surface area contributed by atoms with Gasteiger partial charge in [-0.3, -0.25) is 14.7 Å². The first-order valence-corrected chi connectivity index (χ1v) is 15.0.